The van der Waals surface area contributed by atoms with Crippen molar-refractivity contribution in [2.75, 3.05) is 16.8 Å². The minimum atomic E-state index is -2.90. The highest BCUT2D eigenvalue weighted by Crippen LogP contribution is 2.26. The van der Waals surface area contributed by atoms with Gasteiger partial charge in [-0.1, -0.05) is 30.0 Å². The molecule has 1 saturated heterocycles. The van der Waals surface area contributed by atoms with Crippen LogP contribution in [0.1, 0.15) is 19.2 Å². The van der Waals surface area contributed by atoms with Crippen LogP contribution < -0.4 is 5.32 Å². The lowest BCUT2D eigenvalue weighted by Gasteiger charge is -2.12. The second-order valence-electron chi connectivity index (χ2n) is 6.55. The predicted octanol–water partition coefficient (Wildman–Crippen LogP) is 1.91. The molecule has 0 spiro atoms. The molecule has 0 radical (unpaired) electrons. The van der Waals surface area contributed by atoms with E-state index in [0.717, 1.165) is 11.5 Å². The summed E-state index contributed by atoms with van der Waals surface area (Å²) in [5, 5.41) is 11.5. The van der Waals surface area contributed by atoms with Gasteiger partial charge in [0.2, 0.25) is 5.91 Å². The van der Waals surface area contributed by atoms with Crippen LogP contribution in [0.5, 0.6) is 0 Å². The maximum Gasteiger partial charge on any atom is 0.237 e. The zero-order valence-corrected chi connectivity index (χ0v) is 16.4. The second-order valence-corrected chi connectivity index (χ2v) is 10.1. The van der Waals surface area contributed by atoms with Crippen molar-refractivity contribution in [1.82, 2.24) is 14.8 Å². The van der Waals surface area contributed by atoms with Crippen LogP contribution in [-0.4, -0.2) is 45.8 Å². The van der Waals surface area contributed by atoms with E-state index in [1.54, 1.807) is 0 Å². The highest BCUT2D eigenvalue weighted by molar-refractivity contribution is 8.00. The number of anilines is 1. The van der Waals surface area contributed by atoms with Gasteiger partial charge in [0.05, 0.1) is 16.8 Å². The lowest BCUT2D eigenvalue weighted by atomic mass is 10.1. The third-order valence-electron chi connectivity index (χ3n) is 4.42. The summed E-state index contributed by atoms with van der Waals surface area (Å²) in [5.74, 6) is 1.23. The summed E-state index contributed by atoms with van der Waals surface area (Å²) in [6.07, 6.45) is 1.27. The van der Waals surface area contributed by atoms with E-state index in [0.29, 0.717) is 18.0 Å². The van der Waals surface area contributed by atoms with Crippen LogP contribution in [0.25, 0.3) is 0 Å². The highest BCUT2D eigenvalue weighted by Gasteiger charge is 2.29. The van der Waals surface area contributed by atoms with Gasteiger partial charge in [-0.3, -0.25) is 4.79 Å². The molecule has 1 aliphatic heterocycles. The van der Waals surface area contributed by atoms with Gasteiger partial charge < -0.3 is 9.88 Å². The molecule has 2 heterocycles. The molecule has 140 valence electrons. The number of hydrogen-bond acceptors (Lipinski definition) is 6. The van der Waals surface area contributed by atoms with Crippen LogP contribution in [0.2, 0.25) is 0 Å². The number of para-hydroxylation sites is 1. The smallest absolute Gasteiger partial charge is 0.237 e. The average Bonchev–Trinajstić information content (AvgIpc) is 3.12. The fraction of sp³-hybridized carbons (Fsp3) is 0.471. The maximum absolute atomic E-state index is 12.3. The summed E-state index contributed by atoms with van der Waals surface area (Å²) >= 11 is 1.34. The van der Waals surface area contributed by atoms with Gasteiger partial charge in [-0.05, 0) is 31.4 Å². The Labute approximate surface area is 157 Å². The third-order valence-corrected chi connectivity index (χ3v) is 7.39. The SMILES string of the molecule is C[C@H](Sc1nnc(C[C@H]2CCS(=O)(=O)C2)n1C)C(=O)Nc1ccccc1. The summed E-state index contributed by atoms with van der Waals surface area (Å²) < 4.78 is 25.0. The van der Waals surface area contributed by atoms with E-state index in [2.05, 4.69) is 15.5 Å². The molecule has 26 heavy (non-hydrogen) atoms. The number of rotatable bonds is 6. The topological polar surface area (TPSA) is 93.9 Å². The van der Waals surface area contributed by atoms with Crippen LogP contribution in [0.3, 0.4) is 0 Å². The highest BCUT2D eigenvalue weighted by atomic mass is 32.2. The Morgan fingerprint density at radius 2 is 2.08 bits per heavy atom. The molecule has 2 atom stereocenters. The number of hydrogen-bond donors (Lipinski definition) is 1. The lowest BCUT2D eigenvalue weighted by Crippen LogP contribution is -2.22. The van der Waals surface area contributed by atoms with Gasteiger partial charge in [0, 0.05) is 19.2 Å². The van der Waals surface area contributed by atoms with E-state index < -0.39 is 9.84 Å². The minimum Gasteiger partial charge on any atom is -0.325 e. The van der Waals surface area contributed by atoms with Gasteiger partial charge in [-0.25, -0.2) is 8.42 Å². The van der Waals surface area contributed by atoms with E-state index in [1.165, 1.54) is 11.8 Å². The molecule has 1 aliphatic rings. The molecule has 0 saturated carbocycles. The number of nitrogens with one attached hydrogen (secondary N) is 1. The second kappa shape index (κ2) is 7.79. The van der Waals surface area contributed by atoms with E-state index in [9.17, 15) is 13.2 Å². The Morgan fingerprint density at radius 1 is 1.35 bits per heavy atom. The van der Waals surface area contributed by atoms with Crippen LogP contribution in [-0.2, 0) is 28.1 Å². The number of aromatic nitrogens is 3. The summed E-state index contributed by atoms with van der Waals surface area (Å²) in [6.45, 7) is 1.82. The number of nitrogens with zero attached hydrogens (tertiary/aromatic N) is 3. The molecule has 1 aromatic carbocycles. The molecule has 1 aromatic heterocycles. The Kier molecular flexibility index (Phi) is 5.67. The molecule has 1 fully saturated rings. The first-order chi connectivity index (χ1) is 12.3. The molecule has 1 N–H and O–H groups in total. The molecule has 9 heteroatoms. The average molecular weight is 395 g/mol. The van der Waals surface area contributed by atoms with Gasteiger partial charge in [-0.15, -0.1) is 10.2 Å². The molecule has 0 aliphatic carbocycles. The van der Waals surface area contributed by atoms with Crippen LogP contribution >= 0.6 is 11.8 Å². The molecule has 7 nitrogen and oxygen atoms in total. The van der Waals surface area contributed by atoms with E-state index in [1.807, 2.05) is 48.9 Å². The number of carbonyl (C=O) groups excluding carboxylic acids is 1. The zero-order valence-electron chi connectivity index (χ0n) is 14.8. The van der Waals surface area contributed by atoms with E-state index in [-0.39, 0.29) is 28.6 Å². The fourth-order valence-electron chi connectivity index (χ4n) is 2.89. The first-order valence-corrected chi connectivity index (χ1v) is 11.2. The van der Waals surface area contributed by atoms with Crippen molar-refractivity contribution in [2.45, 2.75) is 30.2 Å². The van der Waals surface area contributed by atoms with Crippen LogP contribution in [0.4, 0.5) is 5.69 Å². The third kappa shape index (κ3) is 4.64. The molecule has 2 aromatic rings. The lowest BCUT2D eigenvalue weighted by molar-refractivity contribution is -0.115. The first kappa shape index (κ1) is 18.9. The molecular weight excluding hydrogens is 372 g/mol. The quantitative estimate of drug-likeness (QED) is 0.752. The molecule has 3 rings (SSSR count). The van der Waals surface area contributed by atoms with Crippen molar-refractivity contribution < 1.29 is 13.2 Å². The summed E-state index contributed by atoms with van der Waals surface area (Å²) in [4.78, 5) is 12.3. The molecule has 0 bridgehead atoms. The van der Waals surface area contributed by atoms with Crippen molar-refractivity contribution >= 4 is 33.2 Å². The van der Waals surface area contributed by atoms with E-state index in [4.69, 9.17) is 0 Å². The van der Waals surface area contributed by atoms with Gasteiger partial charge in [0.15, 0.2) is 15.0 Å². The molecular formula is C17H22N4O3S2. The predicted molar refractivity (Wildman–Crippen MR) is 102 cm³/mol. The largest absolute Gasteiger partial charge is 0.325 e. The minimum absolute atomic E-state index is 0.0968. The Balaban J connectivity index is 1.60. The van der Waals surface area contributed by atoms with Crippen molar-refractivity contribution in [3.8, 4) is 0 Å². The number of carbonyl (C=O) groups is 1. The Bertz CT molecular complexity index is 881. The monoisotopic (exact) mass is 394 g/mol. The van der Waals surface area contributed by atoms with Crippen LogP contribution in [0, 0.1) is 5.92 Å². The molecule has 1 amide bonds. The summed E-state index contributed by atoms with van der Waals surface area (Å²) in [6, 6.07) is 9.30. The number of sulfone groups is 1. The fourth-order valence-corrected chi connectivity index (χ4v) is 5.59. The summed E-state index contributed by atoms with van der Waals surface area (Å²) in [5.41, 5.74) is 0.756. The van der Waals surface area contributed by atoms with Gasteiger partial charge in [0.1, 0.15) is 5.82 Å². The summed E-state index contributed by atoms with van der Waals surface area (Å²) in [7, 11) is -1.05. The number of benzene rings is 1. The van der Waals surface area contributed by atoms with E-state index >= 15 is 0 Å². The number of amides is 1. The zero-order chi connectivity index (χ0) is 18.7. The Morgan fingerprint density at radius 3 is 2.73 bits per heavy atom. The normalized spacial score (nSPS) is 20.0. The van der Waals surface area contributed by atoms with Crippen molar-refractivity contribution in [3.63, 3.8) is 0 Å². The van der Waals surface area contributed by atoms with Gasteiger partial charge in [-0.2, -0.15) is 0 Å². The standard InChI is InChI=1S/C17H22N4O3S2/c1-12(16(22)18-14-6-4-3-5-7-14)25-17-20-19-15(21(17)2)10-13-8-9-26(23,24)11-13/h3-7,12-13H,8-11H2,1-2H3,(H,18,22)/t12-,13+/m0/s1. The first-order valence-electron chi connectivity index (χ1n) is 8.45. The van der Waals surface area contributed by atoms with Crippen molar-refractivity contribution in [1.29, 1.82) is 0 Å². The number of thioether (sulfide) groups is 1. The van der Waals surface area contributed by atoms with Crippen LogP contribution in [0.15, 0.2) is 35.5 Å². The van der Waals surface area contributed by atoms with Gasteiger partial charge >= 0.3 is 0 Å². The van der Waals surface area contributed by atoms with Crippen molar-refractivity contribution in [2.24, 2.45) is 13.0 Å². The Hall–Kier alpha value is -1.87. The van der Waals surface area contributed by atoms with Gasteiger partial charge in [0.25, 0.3) is 0 Å². The molecule has 0 unspecified atom stereocenters. The maximum atomic E-state index is 12.3. The van der Waals surface area contributed by atoms with Crippen molar-refractivity contribution in [3.05, 3.63) is 36.2 Å².